The smallest absolute Gasteiger partial charge is 0.318 e. The lowest BCUT2D eigenvalue weighted by Gasteiger charge is -2.57. The lowest BCUT2D eigenvalue weighted by Crippen LogP contribution is -2.64. The number of nitrogens with one attached hydrogen (secondary N) is 1. The maximum Gasteiger partial charge on any atom is 0.318 e. The summed E-state index contributed by atoms with van der Waals surface area (Å²) in [6.07, 6.45) is 7.79. The number of likely N-dealkylation sites (N-methyl/N-ethyl adjacent to an activating group) is 1. The van der Waals surface area contributed by atoms with Crippen LogP contribution in [0.15, 0.2) is 0 Å². The SMILES string of the molecule is CN(C(=O)NC12CC3CC(CC(C3)C1)C2)C(C)(C)CN. The average Bonchev–Trinajstić information content (AvgIpc) is 2.35. The van der Waals surface area contributed by atoms with E-state index in [4.69, 9.17) is 5.73 Å². The molecule has 4 fully saturated rings. The summed E-state index contributed by atoms with van der Waals surface area (Å²) in [6, 6.07) is 0.0578. The van der Waals surface area contributed by atoms with Crippen molar-refractivity contribution in [3.63, 3.8) is 0 Å². The van der Waals surface area contributed by atoms with Gasteiger partial charge in [-0.25, -0.2) is 4.79 Å². The molecule has 0 radical (unpaired) electrons. The van der Waals surface area contributed by atoms with E-state index in [-0.39, 0.29) is 17.1 Å². The van der Waals surface area contributed by atoms with Crippen LogP contribution in [0.1, 0.15) is 52.4 Å². The van der Waals surface area contributed by atoms with E-state index in [0.717, 1.165) is 17.8 Å². The summed E-state index contributed by atoms with van der Waals surface area (Å²) in [5, 5.41) is 3.40. The van der Waals surface area contributed by atoms with Gasteiger partial charge in [0.15, 0.2) is 0 Å². The lowest BCUT2D eigenvalue weighted by molar-refractivity contribution is -0.0167. The molecule has 0 unspecified atom stereocenters. The van der Waals surface area contributed by atoms with Crippen molar-refractivity contribution in [2.45, 2.75) is 63.5 Å². The predicted molar refractivity (Wildman–Crippen MR) is 80.3 cm³/mol. The minimum absolute atomic E-state index is 0.0578. The largest absolute Gasteiger partial charge is 0.333 e. The van der Waals surface area contributed by atoms with E-state index in [1.54, 1.807) is 4.90 Å². The van der Waals surface area contributed by atoms with Crippen LogP contribution >= 0.6 is 0 Å². The minimum atomic E-state index is -0.285. The Morgan fingerprint density at radius 2 is 1.65 bits per heavy atom. The first-order valence-corrected chi connectivity index (χ1v) is 8.10. The van der Waals surface area contributed by atoms with Crippen LogP contribution in [0.2, 0.25) is 0 Å². The van der Waals surface area contributed by atoms with E-state index in [1.807, 2.05) is 20.9 Å². The lowest BCUT2D eigenvalue weighted by atomic mass is 9.53. The van der Waals surface area contributed by atoms with Crippen LogP contribution in [-0.2, 0) is 0 Å². The van der Waals surface area contributed by atoms with Crippen LogP contribution in [0.3, 0.4) is 0 Å². The van der Waals surface area contributed by atoms with Gasteiger partial charge in [0.25, 0.3) is 0 Å². The molecule has 0 aromatic rings. The molecule has 4 saturated carbocycles. The second-order valence-corrected chi connectivity index (χ2v) is 8.20. The highest BCUT2D eigenvalue weighted by atomic mass is 16.2. The molecule has 20 heavy (non-hydrogen) atoms. The fourth-order valence-electron chi connectivity index (χ4n) is 4.99. The maximum atomic E-state index is 12.6. The predicted octanol–water partition coefficient (Wildman–Crippen LogP) is 2.33. The van der Waals surface area contributed by atoms with E-state index in [0.29, 0.717) is 6.54 Å². The summed E-state index contributed by atoms with van der Waals surface area (Å²) in [5.74, 6) is 2.57. The third-order valence-corrected chi connectivity index (χ3v) is 6.12. The standard InChI is InChI=1S/C16H29N3O/c1-15(2,10-17)19(3)14(20)18-16-7-11-4-12(8-16)6-13(5-11)9-16/h11-13H,4-10,17H2,1-3H3,(H,18,20). The van der Waals surface area contributed by atoms with Gasteiger partial charge in [0.1, 0.15) is 0 Å². The van der Waals surface area contributed by atoms with Gasteiger partial charge in [-0.1, -0.05) is 0 Å². The summed E-state index contributed by atoms with van der Waals surface area (Å²) < 4.78 is 0. The summed E-state index contributed by atoms with van der Waals surface area (Å²) in [4.78, 5) is 14.4. The van der Waals surface area contributed by atoms with Gasteiger partial charge in [-0.3, -0.25) is 0 Å². The Balaban J connectivity index is 1.70. The van der Waals surface area contributed by atoms with Gasteiger partial charge in [0.2, 0.25) is 0 Å². The molecule has 114 valence electrons. The molecule has 0 atom stereocenters. The minimum Gasteiger partial charge on any atom is -0.333 e. The Morgan fingerprint density at radius 1 is 1.20 bits per heavy atom. The fourth-order valence-corrected chi connectivity index (χ4v) is 4.99. The molecule has 0 spiro atoms. The second kappa shape index (κ2) is 4.62. The van der Waals surface area contributed by atoms with Crippen LogP contribution < -0.4 is 11.1 Å². The van der Waals surface area contributed by atoms with E-state index in [2.05, 4.69) is 5.32 Å². The van der Waals surface area contributed by atoms with Crippen LogP contribution in [0.4, 0.5) is 4.79 Å². The van der Waals surface area contributed by atoms with Crippen molar-refractivity contribution in [2.24, 2.45) is 23.5 Å². The molecular formula is C16H29N3O. The van der Waals surface area contributed by atoms with E-state index < -0.39 is 0 Å². The van der Waals surface area contributed by atoms with Crippen LogP contribution in [0, 0.1) is 17.8 Å². The second-order valence-electron chi connectivity index (χ2n) is 8.20. The third kappa shape index (κ3) is 2.32. The molecule has 4 aliphatic rings. The molecule has 4 rings (SSSR count). The number of carbonyl (C=O) groups excluding carboxylic acids is 1. The number of hydrogen-bond acceptors (Lipinski definition) is 2. The first-order valence-electron chi connectivity index (χ1n) is 8.10. The summed E-state index contributed by atoms with van der Waals surface area (Å²) in [5.41, 5.74) is 5.59. The number of carbonyl (C=O) groups is 1. The maximum absolute atomic E-state index is 12.6. The zero-order chi connectivity index (χ0) is 14.5. The number of urea groups is 1. The fraction of sp³-hybridized carbons (Fsp3) is 0.938. The van der Waals surface area contributed by atoms with E-state index in [1.165, 1.54) is 38.5 Å². The molecule has 2 amide bonds. The number of nitrogens with two attached hydrogens (primary N) is 1. The summed E-state index contributed by atoms with van der Waals surface area (Å²) in [7, 11) is 1.86. The Kier molecular flexibility index (Phi) is 3.27. The molecule has 0 aromatic heterocycles. The van der Waals surface area contributed by atoms with E-state index in [9.17, 15) is 4.79 Å². The molecule has 0 heterocycles. The molecule has 0 aromatic carbocycles. The molecular weight excluding hydrogens is 250 g/mol. The Bertz CT molecular complexity index is 369. The van der Waals surface area contributed by atoms with Gasteiger partial charge in [0.05, 0.1) is 5.54 Å². The number of rotatable bonds is 3. The highest BCUT2D eigenvalue weighted by Gasteiger charge is 2.52. The van der Waals surface area contributed by atoms with Gasteiger partial charge in [0, 0.05) is 19.1 Å². The molecule has 3 N–H and O–H groups in total. The van der Waals surface area contributed by atoms with Gasteiger partial charge >= 0.3 is 6.03 Å². The molecule has 0 saturated heterocycles. The van der Waals surface area contributed by atoms with Crippen molar-refractivity contribution >= 4 is 6.03 Å². The molecule has 4 aliphatic carbocycles. The van der Waals surface area contributed by atoms with Crippen LogP contribution in [0.25, 0.3) is 0 Å². The highest BCUT2D eigenvalue weighted by Crippen LogP contribution is 2.55. The Hall–Kier alpha value is -0.770. The topological polar surface area (TPSA) is 58.4 Å². The van der Waals surface area contributed by atoms with Crippen molar-refractivity contribution in [2.75, 3.05) is 13.6 Å². The van der Waals surface area contributed by atoms with Crippen molar-refractivity contribution in [1.82, 2.24) is 10.2 Å². The van der Waals surface area contributed by atoms with Crippen molar-refractivity contribution in [3.8, 4) is 0 Å². The monoisotopic (exact) mass is 279 g/mol. The molecule has 0 aliphatic heterocycles. The van der Waals surface area contributed by atoms with Gasteiger partial charge in [-0.15, -0.1) is 0 Å². The Labute approximate surface area is 122 Å². The zero-order valence-electron chi connectivity index (χ0n) is 13.1. The van der Waals surface area contributed by atoms with Gasteiger partial charge in [-0.2, -0.15) is 0 Å². The normalized spacial score (nSPS) is 38.9. The van der Waals surface area contributed by atoms with Gasteiger partial charge < -0.3 is 16.0 Å². The molecule has 4 heteroatoms. The Morgan fingerprint density at radius 3 is 2.05 bits per heavy atom. The van der Waals surface area contributed by atoms with Crippen molar-refractivity contribution in [1.29, 1.82) is 0 Å². The summed E-state index contributed by atoms with van der Waals surface area (Å²) >= 11 is 0. The quantitative estimate of drug-likeness (QED) is 0.833. The van der Waals surface area contributed by atoms with Crippen molar-refractivity contribution < 1.29 is 4.79 Å². The van der Waals surface area contributed by atoms with Gasteiger partial charge in [-0.05, 0) is 70.1 Å². The molecule has 4 nitrogen and oxygen atoms in total. The van der Waals surface area contributed by atoms with E-state index >= 15 is 0 Å². The number of nitrogens with zero attached hydrogens (tertiary/aromatic N) is 1. The van der Waals surface area contributed by atoms with Crippen LogP contribution in [0.5, 0.6) is 0 Å². The van der Waals surface area contributed by atoms with Crippen LogP contribution in [-0.4, -0.2) is 35.6 Å². The third-order valence-electron chi connectivity index (χ3n) is 6.12. The summed E-state index contributed by atoms with van der Waals surface area (Å²) in [6.45, 7) is 4.52. The number of amides is 2. The zero-order valence-corrected chi connectivity index (χ0v) is 13.1. The first kappa shape index (κ1) is 14.2. The first-order chi connectivity index (χ1) is 9.33. The highest BCUT2D eigenvalue weighted by molar-refractivity contribution is 5.75. The number of hydrogen-bond donors (Lipinski definition) is 2. The van der Waals surface area contributed by atoms with Crippen molar-refractivity contribution in [3.05, 3.63) is 0 Å². The average molecular weight is 279 g/mol. The molecule has 4 bridgehead atoms.